The minimum atomic E-state index is 0.149. The lowest BCUT2D eigenvalue weighted by Gasteiger charge is -2.06. The maximum absolute atomic E-state index is 5.81. The highest BCUT2D eigenvalue weighted by molar-refractivity contribution is 7.99. The van der Waals surface area contributed by atoms with Crippen LogP contribution in [0.25, 0.3) is 0 Å². The Morgan fingerprint density at radius 1 is 1.33 bits per heavy atom. The third kappa shape index (κ3) is 3.54. The molecule has 0 aliphatic heterocycles. The summed E-state index contributed by atoms with van der Waals surface area (Å²) in [5, 5.41) is 0. The van der Waals surface area contributed by atoms with E-state index in [2.05, 4.69) is 24.3 Å². The average molecular weight is 221 g/mol. The molecule has 0 radical (unpaired) electrons. The molecule has 1 aromatic rings. The fourth-order valence-corrected chi connectivity index (χ4v) is 2.63. The molecule has 2 rings (SSSR count). The van der Waals surface area contributed by atoms with Gasteiger partial charge in [-0.3, -0.25) is 0 Å². The van der Waals surface area contributed by atoms with E-state index < -0.39 is 0 Å². The molecule has 1 aromatic carbocycles. The van der Waals surface area contributed by atoms with Gasteiger partial charge in [0.1, 0.15) is 0 Å². The third-order valence-corrected chi connectivity index (χ3v) is 3.94. The van der Waals surface area contributed by atoms with Crippen molar-refractivity contribution < 1.29 is 0 Å². The van der Waals surface area contributed by atoms with E-state index in [9.17, 15) is 0 Å². The second-order valence-corrected chi connectivity index (χ2v) is 5.61. The SMILES string of the molecule is CC(N)c1ccc(SCCC2CC2)cc1. The molecule has 0 saturated heterocycles. The molecule has 2 heteroatoms. The molecule has 1 aliphatic rings. The minimum absolute atomic E-state index is 0.149. The Bertz CT molecular complexity index is 301. The van der Waals surface area contributed by atoms with E-state index in [-0.39, 0.29) is 6.04 Å². The van der Waals surface area contributed by atoms with Crippen molar-refractivity contribution in [2.24, 2.45) is 11.7 Å². The molecule has 1 aliphatic carbocycles. The van der Waals surface area contributed by atoms with E-state index in [0.717, 1.165) is 5.92 Å². The van der Waals surface area contributed by atoms with Gasteiger partial charge in [-0.15, -0.1) is 11.8 Å². The zero-order valence-corrected chi connectivity index (χ0v) is 10.1. The minimum Gasteiger partial charge on any atom is -0.324 e. The van der Waals surface area contributed by atoms with Crippen LogP contribution in [0.5, 0.6) is 0 Å². The number of nitrogens with two attached hydrogens (primary N) is 1. The van der Waals surface area contributed by atoms with Gasteiger partial charge in [-0.1, -0.05) is 25.0 Å². The summed E-state index contributed by atoms with van der Waals surface area (Å²) in [5.41, 5.74) is 7.03. The number of hydrogen-bond acceptors (Lipinski definition) is 2. The fraction of sp³-hybridized carbons (Fsp3) is 0.538. The monoisotopic (exact) mass is 221 g/mol. The second kappa shape index (κ2) is 5.04. The van der Waals surface area contributed by atoms with Crippen LogP contribution >= 0.6 is 11.8 Å². The molecule has 0 amide bonds. The smallest absolute Gasteiger partial charge is 0.0266 e. The van der Waals surface area contributed by atoms with Crippen LogP contribution in [0.15, 0.2) is 29.2 Å². The molecule has 1 unspecified atom stereocenters. The largest absolute Gasteiger partial charge is 0.324 e. The number of thioether (sulfide) groups is 1. The van der Waals surface area contributed by atoms with Gasteiger partial charge in [-0.05, 0) is 42.7 Å². The van der Waals surface area contributed by atoms with Gasteiger partial charge < -0.3 is 5.73 Å². The molecule has 1 saturated carbocycles. The predicted molar refractivity (Wildman–Crippen MR) is 67.1 cm³/mol. The summed E-state index contributed by atoms with van der Waals surface area (Å²) < 4.78 is 0. The Hall–Kier alpha value is -0.470. The number of rotatable bonds is 5. The Kier molecular flexibility index (Phi) is 3.71. The van der Waals surface area contributed by atoms with Crippen LogP contribution in [0.2, 0.25) is 0 Å². The van der Waals surface area contributed by atoms with Crippen LogP contribution < -0.4 is 5.73 Å². The standard InChI is InChI=1S/C13H19NS/c1-10(14)12-4-6-13(7-5-12)15-9-8-11-2-3-11/h4-7,10-11H,2-3,8-9,14H2,1H3. The first kappa shape index (κ1) is 11.0. The molecular weight excluding hydrogens is 202 g/mol. The van der Waals surface area contributed by atoms with Gasteiger partial charge in [0.05, 0.1) is 0 Å². The molecular formula is C13H19NS. The fourth-order valence-electron chi connectivity index (χ4n) is 1.62. The van der Waals surface area contributed by atoms with Gasteiger partial charge in [-0.2, -0.15) is 0 Å². The zero-order chi connectivity index (χ0) is 10.7. The first-order valence-electron chi connectivity index (χ1n) is 5.74. The Morgan fingerprint density at radius 3 is 2.53 bits per heavy atom. The van der Waals surface area contributed by atoms with E-state index in [0.29, 0.717) is 0 Å². The van der Waals surface area contributed by atoms with Crippen LogP contribution in [0.3, 0.4) is 0 Å². The molecule has 1 fully saturated rings. The van der Waals surface area contributed by atoms with Gasteiger partial charge in [0.2, 0.25) is 0 Å². The first-order chi connectivity index (χ1) is 7.25. The highest BCUT2D eigenvalue weighted by atomic mass is 32.2. The average Bonchev–Trinajstić information content (AvgIpc) is 3.02. The predicted octanol–water partition coefficient (Wildman–Crippen LogP) is 3.60. The second-order valence-electron chi connectivity index (χ2n) is 4.44. The summed E-state index contributed by atoms with van der Waals surface area (Å²) in [6.07, 6.45) is 4.31. The lowest BCUT2D eigenvalue weighted by atomic mass is 10.1. The van der Waals surface area contributed by atoms with E-state index in [1.165, 1.54) is 35.5 Å². The quantitative estimate of drug-likeness (QED) is 0.769. The molecule has 2 N–H and O–H groups in total. The Balaban J connectivity index is 1.80. The normalized spacial score (nSPS) is 17.7. The van der Waals surface area contributed by atoms with Crippen molar-refractivity contribution >= 4 is 11.8 Å². The summed E-state index contributed by atoms with van der Waals surface area (Å²) in [6, 6.07) is 8.82. The highest BCUT2D eigenvalue weighted by Crippen LogP contribution is 2.34. The van der Waals surface area contributed by atoms with Gasteiger partial charge >= 0.3 is 0 Å². The summed E-state index contributed by atoms with van der Waals surface area (Å²) in [5.74, 6) is 2.31. The molecule has 0 heterocycles. The van der Waals surface area contributed by atoms with Crippen molar-refractivity contribution in [2.75, 3.05) is 5.75 Å². The van der Waals surface area contributed by atoms with Gasteiger partial charge in [0.25, 0.3) is 0 Å². The number of benzene rings is 1. The van der Waals surface area contributed by atoms with E-state index in [4.69, 9.17) is 5.73 Å². The molecule has 1 atom stereocenters. The van der Waals surface area contributed by atoms with Crippen LogP contribution in [0.1, 0.15) is 37.8 Å². The van der Waals surface area contributed by atoms with Crippen LogP contribution in [0, 0.1) is 5.92 Å². The van der Waals surface area contributed by atoms with Crippen LogP contribution in [-0.2, 0) is 0 Å². The first-order valence-corrected chi connectivity index (χ1v) is 6.72. The molecule has 0 spiro atoms. The van der Waals surface area contributed by atoms with Crippen molar-refractivity contribution in [3.8, 4) is 0 Å². The number of hydrogen-bond donors (Lipinski definition) is 1. The highest BCUT2D eigenvalue weighted by Gasteiger charge is 2.20. The molecule has 0 aromatic heterocycles. The van der Waals surface area contributed by atoms with Gasteiger partial charge in [0, 0.05) is 10.9 Å². The van der Waals surface area contributed by atoms with Crippen molar-refractivity contribution in [2.45, 2.75) is 37.1 Å². The molecule has 1 nitrogen and oxygen atoms in total. The van der Waals surface area contributed by atoms with Crippen molar-refractivity contribution in [1.82, 2.24) is 0 Å². The maximum Gasteiger partial charge on any atom is 0.0266 e. The van der Waals surface area contributed by atoms with Crippen molar-refractivity contribution in [3.05, 3.63) is 29.8 Å². The molecule has 82 valence electrons. The van der Waals surface area contributed by atoms with E-state index in [1.807, 2.05) is 18.7 Å². The molecule has 0 bridgehead atoms. The van der Waals surface area contributed by atoms with Crippen LogP contribution in [0.4, 0.5) is 0 Å². The van der Waals surface area contributed by atoms with Gasteiger partial charge in [-0.25, -0.2) is 0 Å². The van der Waals surface area contributed by atoms with Gasteiger partial charge in [0.15, 0.2) is 0 Å². The Labute approximate surface area is 96.4 Å². The maximum atomic E-state index is 5.81. The lowest BCUT2D eigenvalue weighted by molar-refractivity contribution is 0.808. The van der Waals surface area contributed by atoms with Crippen molar-refractivity contribution in [3.63, 3.8) is 0 Å². The van der Waals surface area contributed by atoms with Crippen LogP contribution in [-0.4, -0.2) is 5.75 Å². The third-order valence-electron chi connectivity index (χ3n) is 2.90. The summed E-state index contributed by atoms with van der Waals surface area (Å²) in [6.45, 7) is 2.02. The van der Waals surface area contributed by atoms with E-state index in [1.54, 1.807) is 0 Å². The lowest BCUT2D eigenvalue weighted by Crippen LogP contribution is -2.04. The Morgan fingerprint density at radius 2 is 2.00 bits per heavy atom. The van der Waals surface area contributed by atoms with Crippen molar-refractivity contribution in [1.29, 1.82) is 0 Å². The molecule has 15 heavy (non-hydrogen) atoms. The zero-order valence-electron chi connectivity index (χ0n) is 9.28. The summed E-state index contributed by atoms with van der Waals surface area (Å²) in [4.78, 5) is 1.38. The topological polar surface area (TPSA) is 26.0 Å². The summed E-state index contributed by atoms with van der Waals surface area (Å²) in [7, 11) is 0. The summed E-state index contributed by atoms with van der Waals surface area (Å²) >= 11 is 1.97. The van der Waals surface area contributed by atoms with E-state index >= 15 is 0 Å².